The molecule has 0 saturated heterocycles. The van der Waals surface area contributed by atoms with Gasteiger partial charge in [-0.25, -0.2) is 6.57 Å². The Kier molecular flexibility index (Phi) is 1.81. The van der Waals surface area contributed by atoms with Crippen LogP contribution in [0.25, 0.3) is 4.85 Å². The molecule has 0 aromatic carbocycles. The molecule has 0 unspecified atom stereocenters. The van der Waals surface area contributed by atoms with Gasteiger partial charge in [-0.15, -0.1) is 0 Å². The minimum atomic E-state index is 0.421. The second-order valence-electron chi connectivity index (χ2n) is 1.75. The van der Waals surface area contributed by atoms with E-state index in [1.165, 1.54) is 16.4 Å². The molecular formula is C6H6N2S. The van der Waals surface area contributed by atoms with E-state index < -0.39 is 0 Å². The third kappa shape index (κ3) is 1.51. The van der Waals surface area contributed by atoms with Gasteiger partial charge in [-0.1, -0.05) is 0 Å². The Morgan fingerprint density at radius 1 is 1.89 bits per heavy atom. The maximum absolute atomic E-state index is 6.54. The molecule has 1 aromatic heterocycles. The van der Waals surface area contributed by atoms with E-state index in [2.05, 4.69) is 9.22 Å². The van der Waals surface area contributed by atoms with Gasteiger partial charge in [0.05, 0.1) is 0 Å². The van der Waals surface area contributed by atoms with E-state index >= 15 is 0 Å². The molecule has 0 spiro atoms. The molecule has 2 nitrogen and oxygen atoms in total. The molecule has 9 heavy (non-hydrogen) atoms. The highest BCUT2D eigenvalue weighted by atomic mass is 32.1. The number of nitrogens with zero attached hydrogens (tertiary/aromatic N) is 2. The van der Waals surface area contributed by atoms with Crippen LogP contribution in [0, 0.1) is 13.5 Å². The lowest BCUT2D eigenvalue weighted by atomic mass is 10.4. The van der Waals surface area contributed by atoms with Crippen molar-refractivity contribution >= 4 is 11.5 Å². The van der Waals surface area contributed by atoms with Gasteiger partial charge >= 0.3 is 0 Å². The van der Waals surface area contributed by atoms with Crippen LogP contribution in [-0.2, 0) is 6.54 Å². The summed E-state index contributed by atoms with van der Waals surface area (Å²) in [6.07, 6.45) is 0. The van der Waals surface area contributed by atoms with Crippen molar-refractivity contribution in [2.75, 3.05) is 0 Å². The Morgan fingerprint density at radius 3 is 3.11 bits per heavy atom. The molecule has 3 heteroatoms. The van der Waals surface area contributed by atoms with Gasteiger partial charge in [0.25, 0.3) is 6.54 Å². The smallest absolute Gasteiger partial charge is 0.257 e. The van der Waals surface area contributed by atoms with Gasteiger partial charge in [-0.2, -0.15) is 4.37 Å². The predicted octanol–water partition coefficient (Wildman–Crippen LogP) is 1.87. The quantitative estimate of drug-likeness (QED) is 0.541. The summed E-state index contributed by atoms with van der Waals surface area (Å²) in [4.78, 5) is 4.39. The van der Waals surface area contributed by atoms with Gasteiger partial charge in [0.1, 0.15) is 5.69 Å². The summed E-state index contributed by atoms with van der Waals surface area (Å²) in [5.74, 6) is 0. The zero-order valence-electron chi connectivity index (χ0n) is 5.09. The molecule has 0 N–H and O–H groups in total. The van der Waals surface area contributed by atoms with Crippen molar-refractivity contribution in [2.45, 2.75) is 13.5 Å². The molecule has 0 bridgehead atoms. The first-order valence-corrected chi connectivity index (χ1v) is 3.35. The zero-order valence-corrected chi connectivity index (χ0v) is 5.90. The molecule has 46 valence electrons. The van der Waals surface area contributed by atoms with Crippen molar-refractivity contribution in [3.63, 3.8) is 0 Å². The second-order valence-corrected chi connectivity index (χ2v) is 2.75. The highest BCUT2D eigenvalue weighted by Gasteiger charge is 1.97. The molecule has 1 heterocycles. The number of hydrogen-bond acceptors (Lipinski definition) is 2. The Morgan fingerprint density at radius 2 is 2.67 bits per heavy atom. The zero-order chi connectivity index (χ0) is 6.69. The van der Waals surface area contributed by atoms with Crippen LogP contribution < -0.4 is 0 Å². The van der Waals surface area contributed by atoms with Gasteiger partial charge in [0.2, 0.25) is 0 Å². The molecule has 0 aliphatic heterocycles. The highest BCUT2D eigenvalue weighted by Crippen LogP contribution is 2.08. The minimum absolute atomic E-state index is 0.421. The lowest BCUT2D eigenvalue weighted by molar-refractivity contribution is 1.18. The van der Waals surface area contributed by atoms with Gasteiger partial charge in [-0.05, 0) is 24.5 Å². The SMILES string of the molecule is [C-]#[N+]Cc1cc(C)sn1. The molecule has 0 atom stereocenters. The van der Waals surface area contributed by atoms with Crippen LogP contribution >= 0.6 is 11.5 Å². The maximum Gasteiger partial charge on any atom is 0.257 e. The highest BCUT2D eigenvalue weighted by molar-refractivity contribution is 7.05. The van der Waals surface area contributed by atoms with E-state index in [9.17, 15) is 0 Å². The van der Waals surface area contributed by atoms with Crippen LogP contribution in [-0.4, -0.2) is 4.37 Å². The first-order chi connectivity index (χ1) is 4.33. The van der Waals surface area contributed by atoms with Crippen LogP contribution in [0.5, 0.6) is 0 Å². The summed E-state index contributed by atoms with van der Waals surface area (Å²) < 4.78 is 4.03. The molecule has 0 aliphatic rings. The molecule has 0 aliphatic carbocycles. The largest absolute Gasteiger partial charge is 0.310 e. The fourth-order valence-electron chi connectivity index (χ4n) is 0.573. The number of aryl methyl sites for hydroxylation is 1. The molecule has 0 amide bonds. The Bertz CT molecular complexity index is 233. The van der Waals surface area contributed by atoms with Crippen LogP contribution in [0.4, 0.5) is 0 Å². The first-order valence-electron chi connectivity index (χ1n) is 2.58. The molecule has 0 radical (unpaired) electrons. The van der Waals surface area contributed by atoms with Crippen molar-refractivity contribution in [3.05, 3.63) is 28.1 Å². The van der Waals surface area contributed by atoms with Gasteiger partial charge < -0.3 is 4.85 Å². The summed E-state index contributed by atoms with van der Waals surface area (Å²) in [6.45, 7) is 8.95. The van der Waals surface area contributed by atoms with E-state index in [1.807, 2.05) is 13.0 Å². The maximum atomic E-state index is 6.54. The van der Waals surface area contributed by atoms with Crippen LogP contribution in [0.2, 0.25) is 0 Å². The number of hydrogen-bond donors (Lipinski definition) is 0. The van der Waals surface area contributed by atoms with E-state index in [0.717, 1.165) is 5.69 Å². The molecule has 1 rings (SSSR count). The van der Waals surface area contributed by atoms with Crippen LogP contribution in [0.3, 0.4) is 0 Å². The summed E-state index contributed by atoms with van der Waals surface area (Å²) >= 11 is 1.45. The summed E-state index contributed by atoms with van der Waals surface area (Å²) in [5, 5.41) is 0. The normalized spacial score (nSPS) is 8.89. The van der Waals surface area contributed by atoms with Gasteiger partial charge in [0, 0.05) is 4.88 Å². The fraction of sp³-hybridized carbons (Fsp3) is 0.333. The van der Waals surface area contributed by atoms with E-state index in [-0.39, 0.29) is 0 Å². The molecular weight excluding hydrogens is 132 g/mol. The predicted molar refractivity (Wildman–Crippen MR) is 37.2 cm³/mol. The van der Waals surface area contributed by atoms with Crippen LogP contribution in [0.15, 0.2) is 6.07 Å². The molecule has 0 fully saturated rings. The third-order valence-electron chi connectivity index (χ3n) is 0.918. The van der Waals surface area contributed by atoms with Gasteiger partial charge in [-0.3, -0.25) is 0 Å². The van der Waals surface area contributed by atoms with Gasteiger partial charge in [0.15, 0.2) is 0 Å². The van der Waals surface area contributed by atoms with Crippen LogP contribution in [0.1, 0.15) is 10.6 Å². The van der Waals surface area contributed by atoms with Crippen molar-refractivity contribution < 1.29 is 0 Å². The summed E-state index contributed by atoms with van der Waals surface area (Å²) in [7, 11) is 0. The Labute approximate surface area is 58.1 Å². The van der Waals surface area contributed by atoms with E-state index in [0.29, 0.717) is 6.54 Å². The fourth-order valence-corrected chi connectivity index (χ4v) is 1.13. The summed E-state index contributed by atoms with van der Waals surface area (Å²) in [6, 6.07) is 1.95. The summed E-state index contributed by atoms with van der Waals surface area (Å²) in [5.41, 5.74) is 0.896. The second kappa shape index (κ2) is 2.60. The third-order valence-corrected chi connectivity index (χ3v) is 1.65. The van der Waals surface area contributed by atoms with E-state index in [4.69, 9.17) is 6.57 Å². The Balaban J connectivity index is 2.76. The van der Waals surface area contributed by atoms with E-state index in [1.54, 1.807) is 0 Å². The van der Waals surface area contributed by atoms with Crippen molar-refractivity contribution in [2.24, 2.45) is 0 Å². The number of aromatic nitrogens is 1. The monoisotopic (exact) mass is 138 g/mol. The van der Waals surface area contributed by atoms with Crippen molar-refractivity contribution in [3.8, 4) is 0 Å². The topological polar surface area (TPSA) is 17.2 Å². The number of rotatable bonds is 1. The first kappa shape index (κ1) is 6.24. The lowest BCUT2D eigenvalue weighted by Crippen LogP contribution is -1.73. The molecule has 1 aromatic rings. The Hall–Kier alpha value is -0.880. The lowest BCUT2D eigenvalue weighted by Gasteiger charge is -1.74. The van der Waals surface area contributed by atoms with Crippen molar-refractivity contribution in [1.29, 1.82) is 0 Å². The molecule has 0 saturated carbocycles. The average molecular weight is 138 g/mol. The van der Waals surface area contributed by atoms with Crippen molar-refractivity contribution in [1.82, 2.24) is 4.37 Å². The average Bonchev–Trinajstić information content (AvgIpc) is 2.17. The minimum Gasteiger partial charge on any atom is -0.310 e. The standard InChI is InChI=1S/C6H6N2S/c1-5-3-6(4-7-2)8-9-5/h3H,4H2,1H3.